The van der Waals surface area contributed by atoms with Crippen molar-refractivity contribution < 1.29 is 10.0 Å². The zero-order valence-electron chi connectivity index (χ0n) is 6.94. The molecule has 1 aromatic carbocycles. The van der Waals surface area contributed by atoms with Crippen LogP contribution in [0.1, 0.15) is 0 Å². The van der Waals surface area contributed by atoms with E-state index in [4.69, 9.17) is 10.0 Å². The Balaban J connectivity index is 2.82. The van der Waals surface area contributed by atoms with Gasteiger partial charge >= 0.3 is 7.12 Å². The summed E-state index contributed by atoms with van der Waals surface area (Å²) in [6.45, 7) is 0. The van der Waals surface area contributed by atoms with Gasteiger partial charge in [-0.1, -0.05) is 0 Å². The number of fused-ring (bicyclic) bond motifs is 1. The molecule has 14 heavy (non-hydrogen) atoms. The molecule has 1 aromatic heterocycles. The van der Waals surface area contributed by atoms with Crippen LogP contribution in [0.4, 0.5) is 0 Å². The molecular weight excluding hydrogens is 283 g/mol. The van der Waals surface area contributed by atoms with Gasteiger partial charge in [0.2, 0.25) is 0 Å². The summed E-state index contributed by atoms with van der Waals surface area (Å²) in [5.74, 6) is 0. The first-order chi connectivity index (χ1) is 6.61. The van der Waals surface area contributed by atoms with Gasteiger partial charge in [0.25, 0.3) is 0 Å². The van der Waals surface area contributed by atoms with Gasteiger partial charge in [0.1, 0.15) is 0 Å². The molecule has 0 spiro atoms. The fraction of sp³-hybridized carbons (Fsp3) is 0. The van der Waals surface area contributed by atoms with E-state index in [9.17, 15) is 0 Å². The lowest BCUT2D eigenvalue weighted by Gasteiger charge is -2.02. The highest BCUT2D eigenvalue weighted by molar-refractivity contribution is 9.10. The number of thiophene rings is 1. The standard InChI is InChI=1S/C8H6BBrO2S2/c10-8-5(13)1-2-6-7(8)4(3-14-6)9(11)12/h1-3,11-13H. The fourth-order valence-electron chi connectivity index (χ4n) is 1.29. The van der Waals surface area contributed by atoms with Crippen LogP contribution in [0, 0.1) is 0 Å². The van der Waals surface area contributed by atoms with Gasteiger partial charge < -0.3 is 10.0 Å². The predicted molar refractivity (Wildman–Crippen MR) is 66.6 cm³/mol. The van der Waals surface area contributed by atoms with Crippen molar-refractivity contribution in [2.75, 3.05) is 0 Å². The van der Waals surface area contributed by atoms with Crippen LogP contribution < -0.4 is 5.46 Å². The molecule has 0 aliphatic heterocycles. The number of hydrogen-bond acceptors (Lipinski definition) is 4. The van der Waals surface area contributed by atoms with Crippen LogP contribution in [0.2, 0.25) is 0 Å². The van der Waals surface area contributed by atoms with Crippen LogP contribution in [0.15, 0.2) is 26.9 Å². The first kappa shape index (κ1) is 10.5. The molecule has 1 heterocycles. The molecule has 6 heteroatoms. The van der Waals surface area contributed by atoms with Crippen molar-refractivity contribution in [1.29, 1.82) is 0 Å². The third kappa shape index (κ3) is 1.61. The molecule has 2 aromatic rings. The lowest BCUT2D eigenvalue weighted by molar-refractivity contribution is 0.426. The third-order valence-corrected chi connectivity index (χ3v) is 4.43. The Labute approximate surface area is 99.3 Å². The molecular formula is C8H6BBrO2S2. The van der Waals surface area contributed by atoms with Crippen LogP contribution in [-0.2, 0) is 0 Å². The average molecular weight is 289 g/mol. The molecule has 0 saturated carbocycles. The summed E-state index contributed by atoms with van der Waals surface area (Å²) in [5, 5.41) is 20.9. The molecule has 2 N–H and O–H groups in total. The Morgan fingerprint density at radius 1 is 1.36 bits per heavy atom. The summed E-state index contributed by atoms with van der Waals surface area (Å²) < 4.78 is 1.82. The minimum atomic E-state index is -1.44. The second kappa shape index (κ2) is 3.86. The predicted octanol–water partition coefficient (Wildman–Crippen LogP) is 1.63. The third-order valence-electron chi connectivity index (χ3n) is 1.96. The van der Waals surface area contributed by atoms with Gasteiger partial charge in [0.15, 0.2) is 0 Å². The molecule has 2 rings (SSSR count). The van der Waals surface area contributed by atoms with Crippen LogP contribution in [-0.4, -0.2) is 17.2 Å². The van der Waals surface area contributed by atoms with Crippen molar-refractivity contribution in [3.05, 3.63) is 22.0 Å². The number of thiol groups is 1. The SMILES string of the molecule is OB(O)c1csc2ccc(S)c(Br)c12. The van der Waals surface area contributed by atoms with Gasteiger partial charge in [-0.15, -0.1) is 24.0 Å². The van der Waals surface area contributed by atoms with Gasteiger partial charge in [0.05, 0.1) is 0 Å². The number of hydrogen-bond donors (Lipinski definition) is 3. The molecule has 0 atom stereocenters. The molecule has 0 aliphatic carbocycles. The Bertz CT molecular complexity index is 483. The summed E-state index contributed by atoms with van der Waals surface area (Å²) in [5.41, 5.74) is 0.521. The molecule has 72 valence electrons. The molecule has 0 unspecified atom stereocenters. The molecule has 2 nitrogen and oxygen atoms in total. The lowest BCUT2D eigenvalue weighted by atomic mass is 9.80. The van der Waals surface area contributed by atoms with Crippen LogP contribution >= 0.6 is 39.9 Å². The van der Waals surface area contributed by atoms with Crippen LogP contribution in [0.3, 0.4) is 0 Å². The highest BCUT2D eigenvalue weighted by Gasteiger charge is 2.18. The van der Waals surface area contributed by atoms with Gasteiger partial charge in [-0.2, -0.15) is 0 Å². The van der Waals surface area contributed by atoms with Crippen molar-refractivity contribution in [3.63, 3.8) is 0 Å². The van der Waals surface area contributed by atoms with E-state index in [-0.39, 0.29) is 0 Å². The summed E-state index contributed by atoms with van der Waals surface area (Å²) in [7, 11) is -1.44. The molecule has 0 fully saturated rings. The molecule has 0 saturated heterocycles. The van der Waals surface area contributed by atoms with E-state index in [0.29, 0.717) is 5.46 Å². The van der Waals surface area contributed by atoms with Gasteiger partial charge in [0, 0.05) is 24.9 Å². The summed E-state index contributed by atoms with van der Waals surface area (Å²) in [4.78, 5) is 0.790. The maximum Gasteiger partial charge on any atom is 0.489 e. The van der Waals surface area contributed by atoms with E-state index in [1.807, 2.05) is 12.1 Å². The largest absolute Gasteiger partial charge is 0.489 e. The number of benzene rings is 1. The van der Waals surface area contributed by atoms with Gasteiger partial charge in [-0.05, 0) is 33.4 Å². The second-order valence-electron chi connectivity index (χ2n) is 2.84. The zero-order valence-corrected chi connectivity index (χ0v) is 10.2. The minimum Gasteiger partial charge on any atom is -0.423 e. The maximum atomic E-state index is 9.14. The van der Waals surface area contributed by atoms with E-state index in [2.05, 4.69) is 28.6 Å². The average Bonchev–Trinajstić information content (AvgIpc) is 2.55. The highest BCUT2D eigenvalue weighted by Crippen LogP contribution is 2.31. The van der Waals surface area contributed by atoms with Crippen molar-refractivity contribution >= 4 is 62.6 Å². The first-order valence-corrected chi connectivity index (χ1v) is 5.98. The Morgan fingerprint density at radius 2 is 2.07 bits per heavy atom. The topological polar surface area (TPSA) is 40.5 Å². The van der Waals surface area contributed by atoms with Crippen LogP contribution in [0.25, 0.3) is 10.1 Å². The lowest BCUT2D eigenvalue weighted by Crippen LogP contribution is -2.28. The Morgan fingerprint density at radius 3 is 2.71 bits per heavy atom. The fourth-order valence-corrected chi connectivity index (χ4v) is 3.16. The molecule has 0 bridgehead atoms. The van der Waals surface area contributed by atoms with E-state index >= 15 is 0 Å². The summed E-state index contributed by atoms with van der Waals surface area (Å²) in [6.07, 6.45) is 0. The van der Waals surface area contributed by atoms with Crippen molar-refractivity contribution in [2.45, 2.75) is 4.90 Å². The quantitative estimate of drug-likeness (QED) is 0.551. The Kier molecular flexibility index (Phi) is 2.90. The second-order valence-corrected chi connectivity index (χ2v) is 5.02. The highest BCUT2D eigenvalue weighted by atomic mass is 79.9. The van der Waals surface area contributed by atoms with Crippen molar-refractivity contribution in [2.24, 2.45) is 0 Å². The van der Waals surface area contributed by atoms with Gasteiger partial charge in [-0.3, -0.25) is 0 Å². The van der Waals surface area contributed by atoms with E-state index < -0.39 is 7.12 Å². The maximum absolute atomic E-state index is 9.14. The number of halogens is 1. The Hall–Kier alpha value is -0.00506. The summed E-state index contributed by atoms with van der Waals surface area (Å²) >= 11 is 9.13. The molecule has 0 amide bonds. The number of rotatable bonds is 1. The first-order valence-electron chi connectivity index (χ1n) is 3.86. The van der Waals surface area contributed by atoms with Crippen molar-refractivity contribution in [1.82, 2.24) is 0 Å². The minimum absolute atomic E-state index is 0.521. The molecule has 0 radical (unpaired) electrons. The monoisotopic (exact) mass is 288 g/mol. The zero-order chi connectivity index (χ0) is 10.3. The van der Waals surface area contributed by atoms with E-state index in [1.54, 1.807) is 5.38 Å². The summed E-state index contributed by atoms with van der Waals surface area (Å²) in [6, 6.07) is 3.79. The van der Waals surface area contributed by atoms with E-state index in [0.717, 1.165) is 19.5 Å². The van der Waals surface area contributed by atoms with E-state index in [1.165, 1.54) is 11.3 Å². The van der Waals surface area contributed by atoms with Gasteiger partial charge in [-0.25, -0.2) is 0 Å². The van der Waals surface area contributed by atoms with Crippen molar-refractivity contribution in [3.8, 4) is 0 Å². The smallest absolute Gasteiger partial charge is 0.423 e. The molecule has 0 aliphatic rings. The normalized spacial score (nSPS) is 10.9. The van der Waals surface area contributed by atoms with Crippen LogP contribution in [0.5, 0.6) is 0 Å².